The van der Waals surface area contributed by atoms with Gasteiger partial charge in [0.15, 0.2) is 0 Å². The first-order valence-electron chi connectivity index (χ1n) is 8.23. The van der Waals surface area contributed by atoms with E-state index in [1.807, 2.05) is 42.5 Å². The number of carbonyl (C=O) groups excluding carboxylic acids is 2. The van der Waals surface area contributed by atoms with Gasteiger partial charge in [-0.2, -0.15) is 5.10 Å². The van der Waals surface area contributed by atoms with E-state index < -0.39 is 0 Å². The van der Waals surface area contributed by atoms with Gasteiger partial charge in [-0.15, -0.1) is 0 Å². The van der Waals surface area contributed by atoms with E-state index in [1.54, 1.807) is 29.2 Å². The molecule has 0 fully saturated rings. The number of ether oxygens (including phenoxy) is 1. The molecule has 1 amide bonds. The van der Waals surface area contributed by atoms with Crippen molar-refractivity contribution in [3.8, 4) is 5.69 Å². The van der Waals surface area contributed by atoms with E-state index in [0.29, 0.717) is 24.1 Å². The summed E-state index contributed by atoms with van der Waals surface area (Å²) in [6.07, 6.45) is 4.32. The van der Waals surface area contributed by atoms with Crippen molar-refractivity contribution < 1.29 is 14.3 Å². The van der Waals surface area contributed by atoms with Crippen LogP contribution in [-0.2, 0) is 16.0 Å². The van der Waals surface area contributed by atoms with Crippen LogP contribution in [-0.4, -0.2) is 28.8 Å². The third-order valence-electron chi connectivity index (χ3n) is 3.90. The van der Waals surface area contributed by atoms with Gasteiger partial charge >= 0.3 is 5.97 Å². The highest BCUT2D eigenvalue weighted by Crippen LogP contribution is 2.13. The van der Waals surface area contributed by atoms with Gasteiger partial charge in [-0.25, -0.2) is 9.48 Å². The van der Waals surface area contributed by atoms with Crippen LogP contribution in [0.5, 0.6) is 0 Å². The van der Waals surface area contributed by atoms with Crippen LogP contribution >= 0.6 is 0 Å². The summed E-state index contributed by atoms with van der Waals surface area (Å²) in [6.45, 7) is 0. The molecule has 1 heterocycles. The lowest BCUT2D eigenvalue weighted by Crippen LogP contribution is -2.12. The zero-order chi connectivity index (χ0) is 18.4. The molecule has 3 rings (SSSR count). The average molecular weight is 349 g/mol. The number of anilines is 1. The van der Waals surface area contributed by atoms with E-state index in [9.17, 15) is 9.59 Å². The van der Waals surface area contributed by atoms with Crippen molar-refractivity contribution in [1.82, 2.24) is 9.78 Å². The number of para-hydroxylation sites is 1. The van der Waals surface area contributed by atoms with Crippen LogP contribution in [0.4, 0.5) is 5.69 Å². The molecule has 2 aromatic carbocycles. The maximum absolute atomic E-state index is 12.1. The summed E-state index contributed by atoms with van der Waals surface area (Å²) in [4.78, 5) is 23.5. The first-order chi connectivity index (χ1) is 12.7. The van der Waals surface area contributed by atoms with Gasteiger partial charge in [-0.3, -0.25) is 4.79 Å². The molecule has 26 heavy (non-hydrogen) atoms. The molecule has 0 aliphatic carbocycles. The van der Waals surface area contributed by atoms with Crippen molar-refractivity contribution in [3.63, 3.8) is 0 Å². The molecule has 1 N–H and O–H groups in total. The molecule has 0 spiro atoms. The molecular weight excluding hydrogens is 330 g/mol. The number of benzene rings is 2. The third kappa shape index (κ3) is 4.36. The van der Waals surface area contributed by atoms with Crippen molar-refractivity contribution in [1.29, 1.82) is 0 Å². The van der Waals surface area contributed by atoms with Crippen LogP contribution in [0.15, 0.2) is 67.0 Å². The molecule has 132 valence electrons. The summed E-state index contributed by atoms with van der Waals surface area (Å²) in [5.41, 5.74) is 3.06. The van der Waals surface area contributed by atoms with Crippen LogP contribution in [0.1, 0.15) is 22.3 Å². The normalized spacial score (nSPS) is 10.3. The first-order valence-corrected chi connectivity index (χ1v) is 8.23. The monoisotopic (exact) mass is 349 g/mol. The highest BCUT2D eigenvalue weighted by molar-refractivity contribution is 5.91. The minimum atomic E-state index is -0.371. The van der Waals surface area contributed by atoms with E-state index in [1.165, 1.54) is 7.11 Å². The largest absolute Gasteiger partial charge is 0.465 e. The maximum Gasteiger partial charge on any atom is 0.337 e. The third-order valence-corrected chi connectivity index (χ3v) is 3.90. The molecule has 0 radical (unpaired) electrons. The Morgan fingerprint density at radius 3 is 2.50 bits per heavy atom. The van der Waals surface area contributed by atoms with Gasteiger partial charge in [0.1, 0.15) is 0 Å². The number of nitrogens with one attached hydrogen (secondary N) is 1. The Hall–Kier alpha value is -3.41. The van der Waals surface area contributed by atoms with Crippen LogP contribution < -0.4 is 5.32 Å². The second kappa shape index (κ2) is 8.11. The van der Waals surface area contributed by atoms with Gasteiger partial charge in [-0.05, 0) is 36.2 Å². The summed E-state index contributed by atoms with van der Waals surface area (Å²) in [5.74, 6) is -0.459. The Morgan fingerprint density at radius 1 is 1.08 bits per heavy atom. The number of rotatable bonds is 6. The van der Waals surface area contributed by atoms with Crippen LogP contribution in [0.2, 0.25) is 0 Å². The highest BCUT2D eigenvalue weighted by Gasteiger charge is 2.08. The number of hydrogen-bond donors (Lipinski definition) is 1. The molecule has 0 saturated heterocycles. The Labute approximate surface area is 151 Å². The number of carbonyl (C=O) groups is 2. The number of esters is 1. The predicted molar refractivity (Wildman–Crippen MR) is 98.3 cm³/mol. The smallest absolute Gasteiger partial charge is 0.337 e. The molecule has 6 nitrogen and oxygen atoms in total. The van der Waals surface area contributed by atoms with Gasteiger partial charge in [0.2, 0.25) is 5.91 Å². The molecule has 1 aromatic heterocycles. The van der Waals surface area contributed by atoms with Crippen LogP contribution in [0.3, 0.4) is 0 Å². The van der Waals surface area contributed by atoms with Crippen molar-refractivity contribution in [2.75, 3.05) is 12.4 Å². The predicted octanol–water partition coefficient (Wildman–Crippen LogP) is 3.23. The highest BCUT2D eigenvalue weighted by atomic mass is 16.5. The lowest BCUT2D eigenvalue weighted by atomic mass is 10.1. The molecule has 0 aliphatic heterocycles. The van der Waals surface area contributed by atoms with E-state index in [2.05, 4.69) is 15.2 Å². The Morgan fingerprint density at radius 2 is 1.81 bits per heavy atom. The van der Waals surface area contributed by atoms with Gasteiger partial charge in [0, 0.05) is 6.42 Å². The Bertz CT molecular complexity index is 886. The zero-order valence-electron chi connectivity index (χ0n) is 14.4. The number of amides is 1. The quantitative estimate of drug-likeness (QED) is 0.694. The van der Waals surface area contributed by atoms with Crippen LogP contribution in [0.25, 0.3) is 5.69 Å². The Balaban J connectivity index is 1.53. The number of hydrogen-bond acceptors (Lipinski definition) is 4. The van der Waals surface area contributed by atoms with Crippen molar-refractivity contribution in [3.05, 3.63) is 78.1 Å². The SMILES string of the molecule is COC(=O)c1ccc(CCC(=O)Nc2cnn(-c3ccccc3)c2)cc1. The second-order valence-electron chi connectivity index (χ2n) is 5.75. The molecule has 0 bridgehead atoms. The molecule has 6 heteroatoms. The lowest BCUT2D eigenvalue weighted by Gasteiger charge is -2.04. The topological polar surface area (TPSA) is 73.2 Å². The number of methoxy groups -OCH3 is 1. The minimum Gasteiger partial charge on any atom is -0.465 e. The maximum atomic E-state index is 12.1. The van der Waals surface area contributed by atoms with E-state index in [0.717, 1.165) is 11.3 Å². The molecule has 0 atom stereocenters. The molecule has 0 saturated carbocycles. The summed E-state index contributed by atoms with van der Waals surface area (Å²) in [6, 6.07) is 16.7. The first kappa shape index (κ1) is 17.4. The van der Waals surface area contributed by atoms with Crippen LogP contribution in [0, 0.1) is 0 Å². The number of nitrogens with zero attached hydrogens (tertiary/aromatic N) is 2. The standard InChI is InChI=1S/C20H19N3O3/c1-26-20(25)16-10-7-15(8-11-16)9-12-19(24)22-17-13-21-23(14-17)18-5-3-2-4-6-18/h2-8,10-11,13-14H,9,12H2,1H3,(H,22,24). The average Bonchev–Trinajstić information content (AvgIpc) is 3.15. The minimum absolute atomic E-state index is 0.0883. The molecular formula is C20H19N3O3. The molecule has 0 aliphatic rings. The summed E-state index contributed by atoms with van der Waals surface area (Å²) in [5, 5.41) is 7.09. The van der Waals surface area contributed by atoms with Gasteiger partial charge < -0.3 is 10.1 Å². The second-order valence-corrected chi connectivity index (χ2v) is 5.75. The molecule has 3 aromatic rings. The molecule has 0 unspecified atom stereocenters. The summed E-state index contributed by atoms with van der Waals surface area (Å²) >= 11 is 0. The van der Waals surface area contributed by atoms with E-state index >= 15 is 0 Å². The fourth-order valence-electron chi connectivity index (χ4n) is 2.52. The zero-order valence-corrected chi connectivity index (χ0v) is 14.4. The van der Waals surface area contributed by atoms with Crippen molar-refractivity contribution >= 4 is 17.6 Å². The summed E-state index contributed by atoms with van der Waals surface area (Å²) in [7, 11) is 1.35. The van der Waals surface area contributed by atoms with Gasteiger partial charge in [0.25, 0.3) is 0 Å². The van der Waals surface area contributed by atoms with Gasteiger partial charge in [-0.1, -0.05) is 30.3 Å². The van der Waals surface area contributed by atoms with Crippen molar-refractivity contribution in [2.45, 2.75) is 12.8 Å². The summed E-state index contributed by atoms with van der Waals surface area (Å²) < 4.78 is 6.37. The number of aromatic nitrogens is 2. The van der Waals surface area contributed by atoms with Gasteiger partial charge in [0.05, 0.1) is 36.4 Å². The lowest BCUT2D eigenvalue weighted by molar-refractivity contribution is -0.116. The fourth-order valence-corrected chi connectivity index (χ4v) is 2.52. The van der Waals surface area contributed by atoms with Crippen molar-refractivity contribution in [2.24, 2.45) is 0 Å². The van der Waals surface area contributed by atoms with E-state index in [4.69, 9.17) is 0 Å². The Kier molecular flexibility index (Phi) is 5.43. The fraction of sp³-hybridized carbons (Fsp3) is 0.150. The number of aryl methyl sites for hydroxylation is 1. The van der Waals surface area contributed by atoms with E-state index in [-0.39, 0.29) is 11.9 Å².